The van der Waals surface area contributed by atoms with Gasteiger partial charge < -0.3 is 4.57 Å². The average molecular weight is 302 g/mol. The van der Waals surface area contributed by atoms with Gasteiger partial charge in [-0.1, -0.05) is 31.4 Å². The Bertz CT molecular complexity index is 673. The molecule has 2 nitrogen and oxygen atoms in total. The van der Waals surface area contributed by atoms with Crippen LogP contribution in [-0.2, 0) is 0 Å². The predicted molar refractivity (Wildman–Crippen MR) is 81.8 cm³/mol. The number of benzene rings is 1. The Kier molecular flexibility index (Phi) is 3.47. The highest BCUT2D eigenvalue weighted by molar-refractivity contribution is 5.69. The van der Waals surface area contributed by atoms with Gasteiger partial charge in [-0.25, -0.2) is 13.8 Å². The van der Waals surface area contributed by atoms with Crippen LogP contribution in [0.5, 0.6) is 0 Å². The molecule has 0 unspecified atom stereocenters. The number of rotatable bonds is 3. The number of fused-ring (bicyclic) bond motifs is 3. The minimum atomic E-state index is -0.869. The third-order valence-electron chi connectivity index (χ3n) is 5.27. The Morgan fingerprint density at radius 1 is 1.23 bits per heavy atom. The van der Waals surface area contributed by atoms with Crippen LogP contribution >= 0.6 is 0 Å². The molecular formula is C18H20F2N2. The fraction of sp³-hybridized carbons (Fsp3) is 0.500. The highest BCUT2D eigenvalue weighted by atomic mass is 19.1. The van der Waals surface area contributed by atoms with Crippen LogP contribution in [-0.4, -0.2) is 15.7 Å². The molecule has 2 heterocycles. The zero-order chi connectivity index (χ0) is 15.1. The van der Waals surface area contributed by atoms with Gasteiger partial charge in [-0.2, -0.15) is 0 Å². The lowest BCUT2D eigenvalue weighted by Crippen LogP contribution is -2.23. The molecule has 22 heavy (non-hydrogen) atoms. The van der Waals surface area contributed by atoms with Crippen LogP contribution in [0, 0.1) is 11.7 Å². The van der Waals surface area contributed by atoms with Crippen LogP contribution in [0.25, 0.3) is 11.3 Å². The van der Waals surface area contributed by atoms with E-state index in [4.69, 9.17) is 0 Å². The molecule has 1 saturated carbocycles. The van der Waals surface area contributed by atoms with Crippen molar-refractivity contribution >= 4 is 0 Å². The minimum absolute atomic E-state index is 0.136. The van der Waals surface area contributed by atoms with Crippen molar-refractivity contribution in [2.75, 3.05) is 0 Å². The largest absolute Gasteiger partial charge is 0.323 e. The highest BCUT2D eigenvalue weighted by Gasteiger charge is 2.35. The molecule has 4 heteroatoms. The number of aromatic nitrogens is 2. The number of nitrogens with zero attached hydrogens (tertiary/aromatic N) is 2. The molecule has 1 aromatic carbocycles. The third kappa shape index (κ3) is 2.16. The third-order valence-corrected chi connectivity index (χ3v) is 5.27. The van der Waals surface area contributed by atoms with Crippen LogP contribution in [0.2, 0.25) is 0 Å². The van der Waals surface area contributed by atoms with Gasteiger partial charge in [0.2, 0.25) is 0 Å². The van der Waals surface area contributed by atoms with Crippen molar-refractivity contribution in [1.82, 2.24) is 9.55 Å². The normalized spacial score (nSPS) is 22.4. The minimum Gasteiger partial charge on any atom is -0.323 e. The highest BCUT2D eigenvalue weighted by Crippen LogP contribution is 2.44. The lowest BCUT2D eigenvalue weighted by atomic mass is 9.83. The van der Waals surface area contributed by atoms with Crippen molar-refractivity contribution in [3.05, 3.63) is 42.1 Å². The summed E-state index contributed by atoms with van der Waals surface area (Å²) < 4.78 is 31.1. The van der Waals surface area contributed by atoms with E-state index in [1.54, 1.807) is 18.6 Å². The van der Waals surface area contributed by atoms with Crippen LogP contribution in [0.3, 0.4) is 0 Å². The molecule has 2 atom stereocenters. The quantitative estimate of drug-likeness (QED) is 0.788. The summed E-state index contributed by atoms with van der Waals surface area (Å²) in [5.41, 5.74) is 2.40. The molecule has 1 aromatic heterocycles. The molecule has 0 radical (unpaired) electrons. The van der Waals surface area contributed by atoms with Gasteiger partial charge in [0.15, 0.2) is 0 Å². The Balaban J connectivity index is 1.65. The van der Waals surface area contributed by atoms with Gasteiger partial charge in [-0.3, -0.25) is 0 Å². The number of halogens is 2. The van der Waals surface area contributed by atoms with Crippen molar-refractivity contribution < 1.29 is 8.78 Å². The van der Waals surface area contributed by atoms with E-state index < -0.39 is 6.17 Å². The summed E-state index contributed by atoms with van der Waals surface area (Å²) in [6.45, 7) is 0. The summed E-state index contributed by atoms with van der Waals surface area (Å²) in [4.78, 5) is 4.16. The van der Waals surface area contributed by atoms with Gasteiger partial charge in [0.25, 0.3) is 0 Å². The van der Waals surface area contributed by atoms with Crippen molar-refractivity contribution in [3.63, 3.8) is 0 Å². The summed E-state index contributed by atoms with van der Waals surface area (Å²) in [5, 5.41) is 0. The maximum absolute atomic E-state index is 14.8. The molecule has 1 fully saturated rings. The molecule has 4 rings (SSSR count). The zero-order valence-electron chi connectivity index (χ0n) is 12.5. The van der Waals surface area contributed by atoms with E-state index >= 15 is 0 Å². The van der Waals surface area contributed by atoms with E-state index in [9.17, 15) is 8.78 Å². The van der Waals surface area contributed by atoms with E-state index in [-0.39, 0.29) is 17.8 Å². The van der Waals surface area contributed by atoms with Crippen molar-refractivity contribution in [2.45, 2.75) is 50.7 Å². The standard InChI is InChI=1S/C18H20F2N2/c19-14-8-4-7-13-17-10-21-11-22(17)16(18(13)14)9-15(20)12-5-2-1-3-6-12/h4,7-8,10-12,15-16H,1-3,5-6,9H2/t15-,16+/m0/s1. The fourth-order valence-corrected chi connectivity index (χ4v) is 4.13. The van der Waals surface area contributed by atoms with Crippen LogP contribution < -0.4 is 0 Å². The molecule has 0 spiro atoms. The number of hydrogen-bond acceptors (Lipinski definition) is 1. The summed E-state index contributed by atoms with van der Waals surface area (Å²) >= 11 is 0. The topological polar surface area (TPSA) is 17.8 Å². The van der Waals surface area contributed by atoms with Crippen LogP contribution in [0.15, 0.2) is 30.7 Å². The van der Waals surface area contributed by atoms with Crippen molar-refractivity contribution in [3.8, 4) is 11.3 Å². The SMILES string of the molecule is Fc1cccc2c1[C@@H](C[C@H](F)C1CCCCC1)n1cncc1-2. The van der Waals surface area contributed by atoms with Crippen LogP contribution in [0.4, 0.5) is 8.78 Å². The van der Waals surface area contributed by atoms with Crippen LogP contribution in [0.1, 0.15) is 50.1 Å². The average Bonchev–Trinajstić information content (AvgIpc) is 3.12. The molecule has 0 N–H and O–H groups in total. The van der Waals surface area contributed by atoms with E-state index in [1.165, 1.54) is 12.5 Å². The van der Waals surface area contributed by atoms with E-state index in [2.05, 4.69) is 4.98 Å². The van der Waals surface area contributed by atoms with Gasteiger partial charge >= 0.3 is 0 Å². The molecule has 2 aromatic rings. The molecular weight excluding hydrogens is 282 g/mol. The summed E-state index contributed by atoms with van der Waals surface area (Å²) in [6.07, 6.45) is 8.32. The van der Waals surface area contributed by atoms with Crippen molar-refractivity contribution in [1.29, 1.82) is 0 Å². The van der Waals surface area contributed by atoms with E-state index in [0.717, 1.165) is 36.9 Å². The lowest BCUT2D eigenvalue weighted by molar-refractivity contribution is 0.158. The first-order valence-corrected chi connectivity index (χ1v) is 8.20. The first-order chi connectivity index (χ1) is 10.8. The second kappa shape index (κ2) is 5.49. The first kappa shape index (κ1) is 13.9. The molecule has 2 aliphatic rings. The second-order valence-electron chi connectivity index (χ2n) is 6.55. The van der Waals surface area contributed by atoms with E-state index in [0.29, 0.717) is 12.0 Å². The second-order valence-corrected chi connectivity index (χ2v) is 6.55. The molecule has 0 amide bonds. The summed E-state index contributed by atoms with van der Waals surface area (Å²) in [7, 11) is 0. The monoisotopic (exact) mass is 302 g/mol. The molecule has 0 bridgehead atoms. The Morgan fingerprint density at radius 3 is 2.86 bits per heavy atom. The Labute approximate surface area is 129 Å². The number of alkyl halides is 1. The first-order valence-electron chi connectivity index (χ1n) is 8.20. The number of imidazole rings is 1. The van der Waals surface area contributed by atoms with Crippen molar-refractivity contribution in [2.24, 2.45) is 5.92 Å². The van der Waals surface area contributed by atoms with Gasteiger partial charge in [-0.05, 0) is 24.8 Å². The van der Waals surface area contributed by atoms with Gasteiger partial charge in [-0.15, -0.1) is 0 Å². The summed E-state index contributed by atoms with van der Waals surface area (Å²) in [5.74, 6) is -0.0985. The fourth-order valence-electron chi connectivity index (χ4n) is 4.13. The lowest BCUT2D eigenvalue weighted by Gasteiger charge is -2.27. The molecule has 1 aliphatic heterocycles. The maximum atomic E-state index is 14.8. The maximum Gasteiger partial charge on any atom is 0.129 e. The number of hydrogen-bond donors (Lipinski definition) is 0. The van der Waals surface area contributed by atoms with Gasteiger partial charge in [0.1, 0.15) is 12.0 Å². The predicted octanol–water partition coefficient (Wildman–Crippen LogP) is 4.90. The molecule has 0 saturated heterocycles. The Hall–Kier alpha value is -1.71. The smallest absolute Gasteiger partial charge is 0.129 e. The van der Waals surface area contributed by atoms with Gasteiger partial charge in [0.05, 0.1) is 24.3 Å². The Morgan fingerprint density at radius 2 is 2.05 bits per heavy atom. The van der Waals surface area contributed by atoms with Gasteiger partial charge in [0, 0.05) is 17.5 Å². The summed E-state index contributed by atoms with van der Waals surface area (Å²) in [6, 6.07) is 4.83. The molecule has 116 valence electrons. The molecule has 1 aliphatic carbocycles. The van der Waals surface area contributed by atoms with E-state index in [1.807, 2.05) is 10.6 Å². The zero-order valence-corrected chi connectivity index (χ0v) is 12.5.